The molecule has 0 bridgehead atoms. The Morgan fingerprint density at radius 3 is 2.50 bits per heavy atom. The van der Waals surface area contributed by atoms with Crippen LogP contribution in [0.25, 0.3) is 0 Å². The van der Waals surface area contributed by atoms with E-state index in [0.717, 1.165) is 31.8 Å². The van der Waals surface area contributed by atoms with Crippen LogP contribution in [0, 0.1) is 11.8 Å². The molecule has 4 N–H and O–H groups in total. The van der Waals surface area contributed by atoms with Gasteiger partial charge in [-0.05, 0) is 50.5 Å². The summed E-state index contributed by atoms with van der Waals surface area (Å²) in [5.74, 6) is 1.76. The molecule has 6 nitrogen and oxygen atoms in total. The predicted molar refractivity (Wildman–Crippen MR) is 77.0 cm³/mol. The van der Waals surface area contributed by atoms with Crippen molar-refractivity contribution < 1.29 is 4.79 Å². The maximum absolute atomic E-state index is 11.2. The summed E-state index contributed by atoms with van der Waals surface area (Å²) in [5, 5.41) is 4.27. The molecule has 0 aliphatic heterocycles. The molecule has 0 spiro atoms. The molecule has 1 aromatic rings. The van der Waals surface area contributed by atoms with E-state index in [-0.39, 0.29) is 5.82 Å². The van der Waals surface area contributed by atoms with Crippen molar-refractivity contribution in [2.75, 3.05) is 6.54 Å². The first-order valence-electron chi connectivity index (χ1n) is 7.57. The van der Waals surface area contributed by atoms with Crippen LogP contribution in [0.15, 0.2) is 0 Å². The molecule has 0 radical (unpaired) electrons. The van der Waals surface area contributed by atoms with E-state index in [4.69, 9.17) is 11.5 Å². The van der Waals surface area contributed by atoms with E-state index >= 15 is 0 Å². The van der Waals surface area contributed by atoms with E-state index in [1.54, 1.807) is 0 Å². The lowest BCUT2D eigenvalue weighted by molar-refractivity contribution is 0.0990. The Morgan fingerprint density at radius 1 is 1.30 bits per heavy atom. The first-order valence-corrected chi connectivity index (χ1v) is 7.57. The summed E-state index contributed by atoms with van der Waals surface area (Å²) in [6.07, 6.45) is 6.57. The van der Waals surface area contributed by atoms with Crippen LogP contribution in [-0.4, -0.2) is 27.2 Å². The average Bonchev–Trinajstić information content (AvgIpc) is 2.83. The Bertz CT molecular complexity index is 448. The van der Waals surface area contributed by atoms with Gasteiger partial charge in [0.25, 0.3) is 5.91 Å². The summed E-state index contributed by atoms with van der Waals surface area (Å²) in [7, 11) is 0. The number of rotatable bonds is 6. The van der Waals surface area contributed by atoms with Crippen molar-refractivity contribution in [2.45, 2.75) is 52.0 Å². The molecule has 1 aliphatic carbocycles. The van der Waals surface area contributed by atoms with E-state index < -0.39 is 5.91 Å². The number of amides is 1. The topological polar surface area (TPSA) is 99.8 Å². The van der Waals surface area contributed by atoms with Gasteiger partial charge in [-0.15, -0.1) is 5.10 Å². The lowest BCUT2D eigenvalue weighted by Crippen LogP contribution is -2.24. The minimum Gasteiger partial charge on any atom is -0.363 e. The Labute approximate surface area is 119 Å². The fraction of sp³-hybridized carbons (Fsp3) is 0.786. The highest BCUT2D eigenvalue weighted by atomic mass is 16.1. The zero-order chi connectivity index (χ0) is 14.5. The molecular formula is C14H25N5O. The van der Waals surface area contributed by atoms with Gasteiger partial charge in [0.05, 0.1) is 0 Å². The second-order valence-electron chi connectivity index (χ2n) is 5.77. The largest absolute Gasteiger partial charge is 0.363 e. The number of primary amides is 1. The average molecular weight is 279 g/mol. The number of aromatic nitrogens is 3. The van der Waals surface area contributed by atoms with Crippen molar-refractivity contribution >= 4 is 5.91 Å². The lowest BCUT2D eigenvalue weighted by atomic mass is 9.82. The van der Waals surface area contributed by atoms with Gasteiger partial charge in [-0.3, -0.25) is 4.79 Å². The predicted octanol–water partition coefficient (Wildman–Crippen LogP) is 1.09. The standard InChI is InChI=1S/C14H25N5O/c1-2-3-12-17-14(13(16)20)18-19(12)9-11-6-4-10(8-15)5-7-11/h10-11H,2-9,15H2,1H3,(H2,16,20). The first kappa shape index (κ1) is 15.0. The number of nitrogens with zero attached hydrogens (tertiary/aromatic N) is 3. The zero-order valence-electron chi connectivity index (χ0n) is 12.2. The van der Waals surface area contributed by atoms with Crippen LogP contribution in [0.1, 0.15) is 55.5 Å². The Balaban J connectivity index is 2.02. The summed E-state index contributed by atoms with van der Waals surface area (Å²) in [5.41, 5.74) is 11.0. The van der Waals surface area contributed by atoms with Gasteiger partial charge < -0.3 is 11.5 Å². The normalized spacial score (nSPS) is 22.9. The highest BCUT2D eigenvalue weighted by Crippen LogP contribution is 2.29. The SMILES string of the molecule is CCCc1nc(C(N)=O)nn1CC1CCC(CN)CC1. The second-order valence-corrected chi connectivity index (χ2v) is 5.77. The van der Waals surface area contributed by atoms with Crippen LogP contribution in [0.2, 0.25) is 0 Å². The third kappa shape index (κ3) is 3.56. The maximum atomic E-state index is 11.2. The van der Waals surface area contributed by atoms with Crippen LogP contribution in [-0.2, 0) is 13.0 Å². The van der Waals surface area contributed by atoms with Gasteiger partial charge >= 0.3 is 0 Å². The van der Waals surface area contributed by atoms with Gasteiger partial charge in [-0.2, -0.15) is 0 Å². The van der Waals surface area contributed by atoms with Crippen LogP contribution >= 0.6 is 0 Å². The quantitative estimate of drug-likeness (QED) is 0.814. The molecule has 0 saturated heterocycles. The number of nitrogens with two attached hydrogens (primary N) is 2. The molecule has 112 valence electrons. The van der Waals surface area contributed by atoms with Crippen LogP contribution in [0.4, 0.5) is 0 Å². The smallest absolute Gasteiger partial charge is 0.288 e. The van der Waals surface area contributed by atoms with E-state index in [1.165, 1.54) is 25.7 Å². The van der Waals surface area contributed by atoms with Crippen LogP contribution in [0.3, 0.4) is 0 Å². The minimum absolute atomic E-state index is 0.143. The van der Waals surface area contributed by atoms with Crippen molar-refractivity contribution in [2.24, 2.45) is 23.3 Å². The molecule has 0 atom stereocenters. The van der Waals surface area contributed by atoms with Gasteiger partial charge in [-0.1, -0.05) is 6.92 Å². The molecule has 6 heteroatoms. The summed E-state index contributed by atoms with van der Waals surface area (Å²) >= 11 is 0. The molecule has 0 aromatic carbocycles. The Kier molecular flexibility index (Phi) is 5.11. The molecule has 1 aromatic heterocycles. The van der Waals surface area contributed by atoms with E-state index in [0.29, 0.717) is 11.8 Å². The molecular weight excluding hydrogens is 254 g/mol. The number of aryl methyl sites for hydroxylation is 1. The monoisotopic (exact) mass is 279 g/mol. The number of carbonyl (C=O) groups excluding carboxylic acids is 1. The maximum Gasteiger partial charge on any atom is 0.288 e. The molecule has 1 heterocycles. The van der Waals surface area contributed by atoms with Crippen molar-refractivity contribution in [3.8, 4) is 0 Å². The molecule has 1 fully saturated rings. The summed E-state index contributed by atoms with van der Waals surface area (Å²) in [6.45, 7) is 3.73. The number of hydrogen-bond donors (Lipinski definition) is 2. The van der Waals surface area contributed by atoms with E-state index in [1.807, 2.05) is 4.68 Å². The minimum atomic E-state index is -0.548. The molecule has 1 aliphatic rings. The molecule has 1 saturated carbocycles. The molecule has 0 unspecified atom stereocenters. The third-order valence-electron chi connectivity index (χ3n) is 4.17. The number of hydrogen-bond acceptors (Lipinski definition) is 4. The van der Waals surface area contributed by atoms with Crippen molar-refractivity contribution in [3.63, 3.8) is 0 Å². The highest BCUT2D eigenvalue weighted by molar-refractivity contribution is 5.88. The fourth-order valence-corrected chi connectivity index (χ4v) is 2.93. The summed E-state index contributed by atoms with van der Waals surface area (Å²) in [4.78, 5) is 15.5. The lowest BCUT2D eigenvalue weighted by Gasteiger charge is -2.27. The van der Waals surface area contributed by atoms with Gasteiger partial charge in [0.1, 0.15) is 5.82 Å². The molecule has 20 heavy (non-hydrogen) atoms. The first-order chi connectivity index (χ1) is 9.63. The van der Waals surface area contributed by atoms with E-state index in [9.17, 15) is 4.79 Å². The molecule has 1 amide bonds. The van der Waals surface area contributed by atoms with Gasteiger partial charge in [0.15, 0.2) is 0 Å². The Morgan fingerprint density at radius 2 is 1.95 bits per heavy atom. The summed E-state index contributed by atoms with van der Waals surface area (Å²) in [6, 6.07) is 0. The van der Waals surface area contributed by atoms with Gasteiger partial charge in [0, 0.05) is 13.0 Å². The van der Waals surface area contributed by atoms with Gasteiger partial charge in [0.2, 0.25) is 5.82 Å². The zero-order valence-corrected chi connectivity index (χ0v) is 12.2. The third-order valence-corrected chi connectivity index (χ3v) is 4.17. The van der Waals surface area contributed by atoms with Crippen molar-refractivity contribution in [1.29, 1.82) is 0 Å². The van der Waals surface area contributed by atoms with Gasteiger partial charge in [-0.25, -0.2) is 9.67 Å². The van der Waals surface area contributed by atoms with Crippen molar-refractivity contribution in [1.82, 2.24) is 14.8 Å². The van der Waals surface area contributed by atoms with Crippen LogP contribution in [0.5, 0.6) is 0 Å². The van der Waals surface area contributed by atoms with Crippen molar-refractivity contribution in [3.05, 3.63) is 11.6 Å². The molecule has 2 rings (SSSR count). The Hall–Kier alpha value is -1.43. The van der Waals surface area contributed by atoms with Crippen LogP contribution < -0.4 is 11.5 Å². The number of carbonyl (C=O) groups is 1. The highest BCUT2D eigenvalue weighted by Gasteiger charge is 2.22. The second kappa shape index (κ2) is 6.83. The fourth-order valence-electron chi connectivity index (χ4n) is 2.93. The summed E-state index contributed by atoms with van der Waals surface area (Å²) < 4.78 is 1.89. The van der Waals surface area contributed by atoms with E-state index in [2.05, 4.69) is 17.0 Å².